The zero-order chi connectivity index (χ0) is 38.1. The molecule has 9 aromatic rings. The number of hydrogen-bond donors (Lipinski definition) is 0. The highest BCUT2D eigenvalue weighted by molar-refractivity contribution is 5.97. The molecule has 0 amide bonds. The van der Waals surface area contributed by atoms with Crippen molar-refractivity contribution in [2.24, 2.45) is 0 Å². The second kappa shape index (κ2) is 12.8. The van der Waals surface area contributed by atoms with E-state index in [4.69, 9.17) is 0 Å². The van der Waals surface area contributed by atoms with Gasteiger partial charge in [0.2, 0.25) is 0 Å². The SMILES string of the molecule is CC1(C)c2ccc(N(c3ccc4c(c3)C(c3ccccc3)(c3ccccc3)c3ccccc3-4)c3ccccc3-c3ccccc3)cc2-c2cc3ccccc3cc21. The van der Waals surface area contributed by atoms with Crippen LogP contribution in [0.2, 0.25) is 0 Å². The van der Waals surface area contributed by atoms with Gasteiger partial charge in [-0.1, -0.05) is 184 Å². The minimum absolute atomic E-state index is 0.121. The van der Waals surface area contributed by atoms with Crippen LogP contribution in [0.15, 0.2) is 212 Å². The summed E-state index contributed by atoms with van der Waals surface area (Å²) in [5.74, 6) is 0. The molecule has 0 fully saturated rings. The van der Waals surface area contributed by atoms with Crippen molar-refractivity contribution in [1.82, 2.24) is 0 Å². The summed E-state index contributed by atoms with van der Waals surface area (Å²) in [6, 6.07) is 78.8. The van der Waals surface area contributed by atoms with E-state index in [1.165, 1.54) is 77.5 Å². The van der Waals surface area contributed by atoms with Gasteiger partial charge in [0, 0.05) is 22.4 Å². The Balaban J connectivity index is 1.19. The molecule has 57 heavy (non-hydrogen) atoms. The molecule has 0 atom stereocenters. The van der Waals surface area contributed by atoms with Gasteiger partial charge in [0.1, 0.15) is 0 Å². The molecule has 0 radical (unpaired) electrons. The second-order valence-electron chi connectivity index (χ2n) is 16.1. The van der Waals surface area contributed by atoms with Crippen molar-refractivity contribution in [3.05, 3.63) is 246 Å². The zero-order valence-electron chi connectivity index (χ0n) is 32.2. The molecule has 0 N–H and O–H groups in total. The average Bonchev–Trinajstić information content (AvgIpc) is 3.69. The Kier molecular flexibility index (Phi) is 7.50. The number of rotatable bonds is 6. The maximum atomic E-state index is 2.50. The molecule has 270 valence electrons. The van der Waals surface area contributed by atoms with E-state index in [1.54, 1.807) is 0 Å². The topological polar surface area (TPSA) is 3.24 Å². The molecular weight excluding hydrogens is 687 g/mol. The molecule has 2 aliphatic carbocycles. The number of anilines is 3. The molecule has 11 rings (SSSR count). The van der Waals surface area contributed by atoms with E-state index < -0.39 is 5.41 Å². The Bertz CT molecular complexity index is 2940. The van der Waals surface area contributed by atoms with Crippen LogP contribution < -0.4 is 4.90 Å². The van der Waals surface area contributed by atoms with Crippen molar-refractivity contribution in [3.63, 3.8) is 0 Å². The number of fused-ring (bicyclic) bond motifs is 7. The number of hydrogen-bond acceptors (Lipinski definition) is 1. The lowest BCUT2D eigenvalue weighted by Gasteiger charge is -2.35. The summed E-state index contributed by atoms with van der Waals surface area (Å²) in [5, 5.41) is 2.56. The van der Waals surface area contributed by atoms with Crippen LogP contribution in [0, 0.1) is 0 Å². The van der Waals surface area contributed by atoms with Crippen molar-refractivity contribution in [2.45, 2.75) is 24.7 Å². The molecule has 0 bridgehead atoms. The molecule has 0 unspecified atom stereocenters. The third-order valence-corrected chi connectivity index (χ3v) is 12.7. The maximum absolute atomic E-state index is 2.50. The molecule has 1 nitrogen and oxygen atoms in total. The van der Waals surface area contributed by atoms with Crippen LogP contribution in [0.5, 0.6) is 0 Å². The predicted molar refractivity (Wildman–Crippen MR) is 239 cm³/mol. The van der Waals surface area contributed by atoms with Crippen LogP contribution >= 0.6 is 0 Å². The first-order valence-corrected chi connectivity index (χ1v) is 20.0. The van der Waals surface area contributed by atoms with Gasteiger partial charge in [-0.3, -0.25) is 0 Å². The van der Waals surface area contributed by atoms with E-state index in [0.717, 1.165) is 17.1 Å². The fourth-order valence-electron chi connectivity index (χ4n) is 10.1. The standard InChI is InChI=1S/C56H41N/c1-55(2)50-33-31-43(36-49(50)48-34-39-20-12-13-21-40(39)35-52(48)55)57(54-29-17-15-26-45(54)38-18-6-3-7-19-38)44-30-32-47-46-27-14-16-28-51(46)56(53(47)37-44,41-22-8-4-9-23-41)42-24-10-5-11-25-42/h3-37H,1-2H3. The van der Waals surface area contributed by atoms with E-state index >= 15 is 0 Å². The molecule has 1 heteroatoms. The number of para-hydroxylation sites is 1. The largest absolute Gasteiger partial charge is 0.310 e. The van der Waals surface area contributed by atoms with Crippen LogP contribution in [0.1, 0.15) is 47.2 Å². The fourth-order valence-corrected chi connectivity index (χ4v) is 10.1. The van der Waals surface area contributed by atoms with Crippen molar-refractivity contribution in [1.29, 1.82) is 0 Å². The Hall–Kier alpha value is -6.96. The Morgan fingerprint density at radius 3 is 1.58 bits per heavy atom. The normalized spacial score (nSPS) is 14.1. The summed E-state index contributed by atoms with van der Waals surface area (Å²) in [6.07, 6.45) is 0. The smallest absolute Gasteiger partial charge is 0.0714 e. The van der Waals surface area contributed by atoms with Crippen molar-refractivity contribution in [3.8, 4) is 33.4 Å². The maximum Gasteiger partial charge on any atom is 0.0714 e. The minimum Gasteiger partial charge on any atom is -0.310 e. The summed E-state index contributed by atoms with van der Waals surface area (Å²) in [7, 11) is 0. The summed E-state index contributed by atoms with van der Waals surface area (Å²) >= 11 is 0. The van der Waals surface area contributed by atoms with Gasteiger partial charge < -0.3 is 4.90 Å². The average molecular weight is 728 g/mol. The first-order valence-electron chi connectivity index (χ1n) is 20.0. The zero-order valence-corrected chi connectivity index (χ0v) is 32.2. The molecular formula is C56H41N. The summed E-state index contributed by atoms with van der Waals surface area (Å²) < 4.78 is 0. The van der Waals surface area contributed by atoms with Gasteiger partial charge in [-0.05, 0) is 114 Å². The van der Waals surface area contributed by atoms with Crippen LogP contribution in [-0.4, -0.2) is 0 Å². The van der Waals surface area contributed by atoms with E-state index in [9.17, 15) is 0 Å². The predicted octanol–water partition coefficient (Wildman–Crippen LogP) is 14.6. The molecule has 0 saturated carbocycles. The highest BCUT2D eigenvalue weighted by Crippen LogP contribution is 2.58. The first kappa shape index (κ1) is 33.4. The van der Waals surface area contributed by atoms with E-state index in [2.05, 4.69) is 231 Å². The van der Waals surface area contributed by atoms with Gasteiger partial charge in [-0.25, -0.2) is 0 Å². The molecule has 0 heterocycles. The highest BCUT2D eigenvalue weighted by Gasteiger charge is 2.46. The third-order valence-electron chi connectivity index (χ3n) is 12.7. The van der Waals surface area contributed by atoms with Gasteiger partial charge in [-0.15, -0.1) is 0 Å². The van der Waals surface area contributed by atoms with Gasteiger partial charge in [0.25, 0.3) is 0 Å². The quantitative estimate of drug-likeness (QED) is 0.165. The van der Waals surface area contributed by atoms with Crippen molar-refractivity contribution >= 4 is 27.8 Å². The molecule has 0 spiro atoms. The monoisotopic (exact) mass is 727 g/mol. The lowest BCUT2D eigenvalue weighted by Crippen LogP contribution is -2.28. The van der Waals surface area contributed by atoms with Crippen molar-refractivity contribution < 1.29 is 0 Å². The lowest BCUT2D eigenvalue weighted by atomic mass is 9.67. The minimum atomic E-state index is -0.503. The fraction of sp³-hybridized carbons (Fsp3) is 0.0714. The Morgan fingerprint density at radius 1 is 0.333 bits per heavy atom. The van der Waals surface area contributed by atoms with E-state index in [0.29, 0.717) is 0 Å². The molecule has 0 aromatic heterocycles. The van der Waals surface area contributed by atoms with Crippen molar-refractivity contribution in [2.75, 3.05) is 4.90 Å². The summed E-state index contributed by atoms with van der Waals surface area (Å²) in [6.45, 7) is 4.75. The van der Waals surface area contributed by atoms with E-state index in [1.807, 2.05) is 0 Å². The van der Waals surface area contributed by atoms with Gasteiger partial charge in [-0.2, -0.15) is 0 Å². The Morgan fingerprint density at radius 2 is 0.860 bits per heavy atom. The highest BCUT2D eigenvalue weighted by atomic mass is 15.1. The summed E-state index contributed by atoms with van der Waals surface area (Å²) in [5.41, 5.74) is 18.2. The van der Waals surface area contributed by atoms with Gasteiger partial charge >= 0.3 is 0 Å². The van der Waals surface area contributed by atoms with Crippen LogP contribution in [0.3, 0.4) is 0 Å². The number of benzene rings is 9. The van der Waals surface area contributed by atoms with Gasteiger partial charge in [0.05, 0.1) is 11.1 Å². The molecule has 2 aliphatic rings. The molecule has 0 aliphatic heterocycles. The second-order valence-corrected chi connectivity index (χ2v) is 16.1. The Labute approximate surface area is 335 Å². The van der Waals surface area contributed by atoms with Crippen LogP contribution in [0.4, 0.5) is 17.1 Å². The van der Waals surface area contributed by atoms with Crippen LogP contribution in [0.25, 0.3) is 44.2 Å². The first-order chi connectivity index (χ1) is 28.0. The van der Waals surface area contributed by atoms with Crippen LogP contribution in [-0.2, 0) is 10.8 Å². The third kappa shape index (κ3) is 4.95. The number of nitrogens with zero attached hydrogens (tertiary/aromatic N) is 1. The lowest BCUT2D eigenvalue weighted by molar-refractivity contribution is 0.661. The summed E-state index contributed by atoms with van der Waals surface area (Å²) in [4.78, 5) is 2.50. The van der Waals surface area contributed by atoms with Gasteiger partial charge in [0.15, 0.2) is 0 Å². The molecule has 0 saturated heterocycles. The molecule has 9 aromatic carbocycles. The van der Waals surface area contributed by atoms with E-state index in [-0.39, 0.29) is 5.41 Å².